The smallest absolute Gasteiger partial charge is 0.421 e. The van der Waals surface area contributed by atoms with E-state index < -0.39 is 12.4 Å². The molecule has 7 nitrogen and oxygen atoms in total. The fourth-order valence-corrected chi connectivity index (χ4v) is 2.78. The maximum atomic E-state index is 12.3. The number of ether oxygens (including phenoxy) is 1. The second-order valence-corrected chi connectivity index (χ2v) is 5.86. The SMILES string of the molecule is O=c1oc2ccc(-c3ccc(OC(F)F)cc3)nc2n1CCc1ncccn1. The highest BCUT2D eigenvalue weighted by Gasteiger charge is 2.13. The van der Waals surface area contributed by atoms with Crippen LogP contribution in [0.2, 0.25) is 0 Å². The third kappa shape index (κ3) is 3.73. The molecule has 3 heterocycles. The first-order valence-corrected chi connectivity index (χ1v) is 8.42. The number of aromatic nitrogens is 4. The molecule has 0 spiro atoms. The first-order chi connectivity index (χ1) is 13.6. The van der Waals surface area contributed by atoms with Crippen LogP contribution in [0.5, 0.6) is 5.75 Å². The largest absolute Gasteiger partial charge is 0.435 e. The van der Waals surface area contributed by atoms with Crippen LogP contribution >= 0.6 is 0 Å². The highest BCUT2D eigenvalue weighted by atomic mass is 19.3. The Morgan fingerprint density at radius 3 is 2.54 bits per heavy atom. The Bertz CT molecular complexity index is 1140. The molecule has 142 valence electrons. The van der Waals surface area contributed by atoms with E-state index in [1.807, 2.05) is 0 Å². The molecule has 0 saturated heterocycles. The maximum Gasteiger partial charge on any atom is 0.421 e. The summed E-state index contributed by atoms with van der Waals surface area (Å²) >= 11 is 0. The van der Waals surface area contributed by atoms with Crippen LogP contribution in [0.25, 0.3) is 22.5 Å². The van der Waals surface area contributed by atoms with Crippen molar-refractivity contribution in [1.82, 2.24) is 19.5 Å². The predicted octanol–water partition coefficient (Wildman–Crippen LogP) is 3.29. The molecule has 4 rings (SSSR count). The summed E-state index contributed by atoms with van der Waals surface area (Å²) in [7, 11) is 0. The summed E-state index contributed by atoms with van der Waals surface area (Å²) in [6.07, 6.45) is 3.72. The van der Waals surface area contributed by atoms with E-state index in [1.165, 1.54) is 16.7 Å². The van der Waals surface area contributed by atoms with Gasteiger partial charge in [0.25, 0.3) is 0 Å². The number of hydrogen-bond donors (Lipinski definition) is 0. The fourth-order valence-electron chi connectivity index (χ4n) is 2.78. The zero-order chi connectivity index (χ0) is 19.5. The van der Waals surface area contributed by atoms with Gasteiger partial charge in [0, 0.05) is 30.9 Å². The number of aryl methyl sites for hydroxylation is 2. The molecular formula is C19H14F2N4O3. The molecule has 0 radical (unpaired) electrons. The van der Waals surface area contributed by atoms with E-state index in [9.17, 15) is 13.6 Å². The summed E-state index contributed by atoms with van der Waals surface area (Å²) in [4.78, 5) is 25.0. The van der Waals surface area contributed by atoms with Gasteiger partial charge in [-0.15, -0.1) is 0 Å². The molecule has 9 heteroatoms. The standard InChI is InChI=1S/C19H14F2N4O3/c20-18(21)27-13-4-2-12(3-5-13)14-6-7-15-17(24-14)25(19(26)28-15)11-8-16-22-9-1-10-23-16/h1-7,9-10,18H,8,11H2. The minimum atomic E-state index is -2.88. The van der Waals surface area contributed by atoms with Crippen LogP contribution in [0.3, 0.4) is 0 Å². The number of pyridine rings is 1. The highest BCUT2D eigenvalue weighted by Crippen LogP contribution is 2.24. The number of halogens is 2. The quantitative estimate of drug-likeness (QED) is 0.507. The van der Waals surface area contributed by atoms with Crippen molar-refractivity contribution in [3.63, 3.8) is 0 Å². The normalized spacial score (nSPS) is 11.2. The summed E-state index contributed by atoms with van der Waals surface area (Å²) < 4.78 is 35.6. The van der Waals surface area contributed by atoms with Crippen molar-refractivity contribution in [2.45, 2.75) is 19.6 Å². The molecular weight excluding hydrogens is 370 g/mol. The molecule has 0 N–H and O–H groups in total. The van der Waals surface area contributed by atoms with Gasteiger partial charge in [-0.05, 0) is 42.5 Å². The van der Waals surface area contributed by atoms with Crippen LogP contribution in [0.4, 0.5) is 8.78 Å². The Morgan fingerprint density at radius 1 is 1.07 bits per heavy atom. The fraction of sp³-hybridized carbons (Fsp3) is 0.158. The Hall–Kier alpha value is -3.62. The van der Waals surface area contributed by atoms with Crippen LogP contribution in [-0.4, -0.2) is 26.1 Å². The van der Waals surface area contributed by atoms with Crippen molar-refractivity contribution in [2.75, 3.05) is 0 Å². The molecule has 0 amide bonds. The van der Waals surface area contributed by atoms with Crippen molar-refractivity contribution >= 4 is 11.2 Å². The van der Waals surface area contributed by atoms with Crippen LogP contribution in [0.15, 0.2) is 64.1 Å². The van der Waals surface area contributed by atoms with Crippen molar-refractivity contribution in [3.8, 4) is 17.0 Å². The van der Waals surface area contributed by atoms with Gasteiger partial charge >= 0.3 is 12.4 Å². The zero-order valence-electron chi connectivity index (χ0n) is 14.5. The average molecular weight is 384 g/mol. The number of oxazole rings is 1. The molecule has 0 aliphatic rings. The topological polar surface area (TPSA) is 83.0 Å². The van der Waals surface area contributed by atoms with Gasteiger partial charge in [0.15, 0.2) is 11.2 Å². The summed E-state index contributed by atoms with van der Waals surface area (Å²) in [5.74, 6) is 0.147. The molecule has 0 aliphatic heterocycles. The number of alkyl halides is 2. The predicted molar refractivity (Wildman–Crippen MR) is 96.1 cm³/mol. The minimum absolute atomic E-state index is 0.0582. The molecule has 28 heavy (non-hydrogen) atoms. The minimum Gasteiger partial charge on any atom is -0.435 e. The lowest BCUT2D eigenvalue weighted by molar-refractivity contribution is -0.0498. The third-order valence-electron chi connectivity index (χ3n) is 4.07. The van der Waals surface area contributed by atoms with E-state index in [4.69, 9.17) is 4.42 Å². The van der Waals surface area contributed by atoms with Gasteiger partial charge in [0.2, 0.25) is 0 Å². The molecule has 3 aromatic heterocycles. The lowest BCUT2D eigenvalue weighted by atomic mass is 10.1. The average Bonchev–Trinajstić information content (AvgIpc) is 3.01. The lowest BCUT2D eigenvalue weighted by Gasteiger charge is -2.06. The van der Waals surface area contributed by atoms with E-state index in [0.29, 0.717) is 41.3 Å². The van der Waals surface area contributed by atoms with Crippen LogP contribution in [-0.2, 0) is 13.0 Å². The second-order valence-electron chi connectivity index (χ2n) is 5.86. The zero-order valence-corrected chi connectivity index (χ0v) is 14.5. The molecule has 0 unspecified atom stereocenters. The molecule has 0 atom stereocenters. The molecule has 0 aliphatic carbocycles. The number of benzene rings is 1. The number of nitrogens with zero attached hydrogens (tertiary/aromatic N) is 4. The lowest BCUT2D eigenvalue weighted by Crippen LogP contribution is -2.16. The Balaban J connectivity index is 1.63. The van der Waals surface area contributed by atoms with Gasteiger partial charge in [-0.1, -0.05) is 0 Å². The van der Waals surface area contributed by atoms with Crippen molar-refractivity contribution < 1.29 is 17.9 Å². The Kier molecular flexibility index (Phi) is 4.79. The summed E-state index contributed by atoms with van der Waals surface area (Å²) in [5.41, 5.74) is 2.02. The first-order valence-electron chi connectivity index (χ1n) is 8.42. The number of fused-ring (bicyclic) bond motifs is 1. The van der Waals surface area contributed by atoms with Gasteiger partial charge in [-0.3, -0.25) is 4.57 Å². The van der Waals surface area contributed by atoms with Gasteiger partial charge in [0.05, 0.1) is 5.69 Å². The first kappa shape index (κ1) is 17.8. The van der Waals surface area contributed by atoms with Crippen molar-refractivity contribution in [2.24, 2.45) is 0 Å². The van der Waals surface area contributed by atoms with Crippen LogP contribution in [0.1, 0.15) is 5.82 Å². The number of rotatable bonds is 6. The second kappa shape index (κ2) is 7.55. The van der Waals surface area contributed by atoms with E-state index in [1.54, 1.807) is 42.7 Å². The Labute approximate surface area is 157 Å². The van der Waals surface area contributed by atoms with E-state index in [0.717, 1.165) is 0 Å². The van der Waals surface area contributed by atoms with Gasteiger partial charge < -0.3 is 9.15 Å². The summed E-state index contributed by atoms with van der Waals surface area (Å²) in [6.45, 7) is -2.57. The van der Waals surface area contributed by atoms with Gasteiger partial charge in [-0.25, -0.2) is 19.7 Å². The maximum absolute atomic E-state index is 12.3. The number of hydrogen-bond acceptors (Lipinski definition) is 6. The van der Waals surface area contributed by atoms with Crippen molar-refractivity contribution in [1.29, 1.82) is 0 Å². The Morgan fingerprint density at radius 2 is 1.82 bits per heavy atom. The summed E-state index contributed by atoms with van der Waals surface area (Å²) in [6, 6.07) is 11.2. The third-order valence-corrected chi connectivity index (χ3v) is 4.07. The van der Waals surface area contributed by atoms with Crippen molar-refractivity contribution in [3.05, 3.63) is 71.2 Å². The van der Waals surface area contributed by atoms with E-state index in [-0.39, 0.29) is 5.75 Å². The van der Waals surface area contributed by atoms with Gasteiger partial charge in [0.1, 0.15) is 11.6 Å². The van der Waals surface area contributed by atoms with Crippen LogP contribution < -0.4 is 10.5 Å². The van der Waals surface area contributed by atoms with Crippen LogP contribution in [0, 0.1) is 0 Å². The molecule has 0 bridgehead atoms. The van der Waals surface area contributed by atoms with E-state index >= 15 is 0 Å². The summed E-state index contributed by atoms with van der Waals surface area (Å²) in [5, 5.41) is 0. The van der Waals surface area contributed by atoms with Gasteiger partial charge in [-0.2, -0.15) is 8.78 Å². The molecule has 0 fully saturated rings. The molecule has 1 aromatic carbocycles. The monoisotopic (exact) mass is 384 g/mol. The highest BCUT2D eigenvalue weighted by molar-refractivity contribution is 5.73. The van der Waals surface area contributed by atoms with E-state index in [2.05, 4.69) is 19.7 Å². The molecule has 4 aromatic rings. The molecule has 0 saturated carbocycles.